The lowest BCUT2D eigenvalue weighted by Gasteiger charge is -2.41. The van der Waals surface area contributed by atoms with Crippen molar-refractivity contribution in [3.8, 4) is 0 Å². The van der Waals surface area contributed by atoms with Crippen LogP contribution in [0.2, 0.25) is 0 Å². The van der Waals surface area contributed by atoms with Gasteiger partial charge in [-0.2, -0.15) is 0 Å². The Morgan fingerprint density at radius 2 is 2.05 bits per heavy atom. The van der Waals surface area contributed by atoms with Gasteiger partial charge in [0.15, 0.2) is 0 Å². The summed E-state index contributed by atoms with van der Waals surface area (Å²) in [5.74, 6) is 0.0510. The van der Waals surface area contributed by atoms with E-state index in [1.807, 2.05) is 39.2 Å². The highest BCUT2D eigenvalue weighted by Crippen LogP contribution is 2.42. The summed E-state index contributed by atoms with van der Waals surface area (Å²) in [5, 5.41) is 0. The number of rotatable bonds is 5. The fourth-order valence-electron chi connectivity index (χ4n) is 3.26. The van der Waals surface area contributed by atoms with Gasteiger partial charge in [-0.05, 0) is 39.4 Å². The minimum absolute atomic E-state index is 0.0904. The second kappa shape index (κ2) is 6.90. The lowest BCUT2D eigenvalue weighted by atomic mass is 9.64. The number of allylic oxidation sites excluding steroid dienone is 1. The van der Waals surface area contributed by atoms with Crippen molar-refractivity contribution >= 4 is 5.97 Å². The molecule has 3 nitrogen and oxygen atoms in total. The van der Waals surface area contributed by atoms with Gasteiger partial charge < -0.3 is 9.64 Å². The maximum Gasteiger partial charge on any atom is 0.317 e. The molecule has 0 fully saturated rings. The van der Waals surface area contributed by atoms with Gasteiger partial charge in [-0.15, -0.1) is 0 Å². The van der Waals surface area contributed by atoms with E-state index < -0.39 is 5.41 Å². The van der Waals surface area contributed by atoms with Crippen molar-refractivity contribution < 1.29 is 9.53 Å². The largest absolute Gasteiger partial charge is 0.465 e. The number of esters is 1. The topological polar surface area (TPSA) is 29.5 Å². The van der Waals surface area contributed by atoms with Crippen LogP contribution in [0.5, 0.6) is 0 Å². The lowest BCUT2D eigenvalue weighted by Crippen LogP contribution is -2.48. The SMILES string of the molecule is CCOC(=O)C1(c2ccccc2)CCC=CC1CN(C)C. The molecule has 21 heavy (non-hydrogen) atoms. The van der Waals surface area contributed by atoms with Crippen molar-refractivity contribution in [3.05, 3.63) is 48.0 Å². The number of ether oxygens (including phenoxy) is 1. The van der Waals surface area contributed by atoms with Crippen molar-refractivity contribution in [2.45, 2.75) is 25.2 Å². The zero-order valence-corrected chi connectivity index (χ0v) is 13.2. The zero-order valence-electron chi connectivity index (χ0n) is 13.2. The molecule has 0 amide bonds. The molecule has 0 N–H and O–H groups in total. The highest BCUT2D eigenvalue weighted by molar-refractivity contribution is 5.84. The Kier molecular flexibility index (Phi) is 5.18. The number of hydrogen-bond acceptors (Lipinski definition) is 3. The molecule has 0 saturated heterocycles. The number of benzene rings is 1. The predicted octanol–water partition coefficient (Wildman–Crippen LogP) is 3.02. The molecule has 1 aliphatic carbocycles. The first-order valence-corrected chi connectivity index (χ1v) is 7.65. The fraction of sp³-hybridized carbons (Fsp3) is 0.500. The molecule has 0 spiro atoms. The van der Waals surface area contributed by atoms with E-state index in [0.29, 0.717) is 6.61 Å². The molecule has 2 atom stereocenters. The van der Waals surface area contributed by atoms with Crippen LogP contribution in [0, 0.1) is 5.92 Å². The molecule has 0 aliphatic heterocycles. The number of nitrogens with zero attached hydrogens (tertiary/aromatic N) is 1. The van der Waals surface area contributed by atoms with Gasteiger partial charge in [-0.25, -0.2) is 0 Å². The van der Waals surface area contributed by atoms with Gasteiger partial charge in [0.25, 0.3) is 0 Å². The van der Waals surface area contributed by atoms with Crippen LogP contribution in [0.25, 0.3) is 0 Å². The van der Waals surface area contributed by atoms with E-state index in [0.717, 1.165) is 24.9 Å². The van der Waals surface area contributed by atoms with Gasteiger partial charge in [0.05, 0.1) is 6.61 Å². The Balaban J connectivity index is 2.48. The van der Waals surface area contributed by atoms with Gasteiger partial charge in [-0.1, -0.05) is 42.5 Å². The van der Waals surface area contributed by atoms with E-state index in [9.17, 15) is 4.79 Å². The van der Waals surface area contributed by atoms with E-state index in [2.05, 4.69) is 29.2 Å². The Hall–Kier alpha value is -1.61. The maximum absolute atomic E-state index is 12.8. The quantitative estimate of drug-likeness (QED) is 0.616. The molecule has 2 unspecified atom stereocenters. The summed E-state index contributed by atoms with van der Waals surface area (Å²) in [6, 6.07) is 10.1. The Morgan fingerprint density at radius 3 is 2.67 bits per heavy atom. The molecular weight excluding hydrogens is 262 g/mol. The number of carbonyl (C=O) groups is 1. The average molecular weight is 287 g/mol. The molecule has 0 radical (unpaired) electrons. The summed E-state index contributed by atoms with van der Waals surface area (Å²) in [5.41, 5.74) is 0.510. The van der Waals surface area contributed by atoms with Gasteiger partial charge in [0.2, 0.25) is 0 Å². The minimum Gasteiger partial charge on any atom is -0.465 e. The maximum atomic E-state index is 12.8. The highest BCUT2D eigenvalue weighted by atomic mass is 16.5. The summed E-state index contributed by atoms with van der Waals surface area (Å²) in [6.45, 7) is 3.13. The van der Waals surface area contributed by atoms with Crippen molar-refractivity contribution in [1.29, 1.82) is 0 Å². The van der Waals surface area contributed by atoms with Crippen LogP contribution < -0.4 is 0 Å². The molecular formula is C18H25NO2. The normalized spacial score (nSPS) is 25.0. The summed E-state index contributed by atoms with van der Waals surface area (Å²) >= 11 is 0. The van der Waals surface area contributed by atoms with Crippen molar-refractivity contribution in [2.24, 2.45) is 5.92 Å². The van der Waals surface area contributed by atoms with E-state index in [4.69, 9.17) is 4.74 Å². The molecule has 0 heterocycles. The van der Waals surface area contributed by atoms with E-state index in [1.165, 1.54) is 0 Å². The van der Waals surface area contributed by atoms with Crippen LogP contribution in [0.15, 0.2) is 42.5 Å². The summed E-state index contributed by atoms with van der Waals surface area (Å²) in [7, 11) is 4.09. The number of hydrogen-bond donors (Lipinski definition) is 0. The first-order valence-electron chi connectivity index (χ1n) is 7.65. The average Bonchev–Trinajstić information content (AvgIpc) is 2.48. The van der Waals surface area contributed by atoms with Crippen LogP contribution in [0.1, 0.15) is 25.3 Å². The Labute approximate surface area is 127 Å². The minimum atomic E-state index is -0.559. The van der Waals surface area contributed by atoms with Crippen LogP contribution in [-0.2, 0) is 14.9 Å². The van der Waals surface area contributed by atoms with Gasteiger partial charge >= 0.3 is 5.97 Å². The second-order valence-corrected chi connectivity index (χ2v) is 5.89. The Bertz CT molecular complexity index is 495. The monoisotopic (exact) mass is 287 g/mol. The molecule has 1 aromatic rings. The fourth-order valence-corrected chi connectivity index (χ4v) is 3.26. The molecule has 114 valence electrons. The Morgan fingerprint density at radius 1 is 1.33 bits per heavy atom. The second-order valence-electron chi connectivity index (χ2n) is 5.89. The third-order valence-corrected chi connectivity index (χ3v) is 4.20. The third-order valence-electron chi connectivity index (χ3n) is 4.20. The molecule has 1 aliphatic rings. The number of carbonyl (C=O) groups excluding carboxylic acids is 1. The molecule has 1 aromatic carbocycles. The molecule has 3 heteroatoms. The van der Waals surface area contributed by atoms with Crippen LogP contribution in [-0.4, -0.2) is 38.1 Å². The summed E-state index contributed by atoms with van der Waals surface area (Å²) in [4.78, 5) is 15.0. The van der Waals surface area contributed by atoms with Gasteiger partial charge in [0, 0.05) is 12.5 Å². The molecule has 0 saturated carbocycles. The summed E-state index contributed by atoms with van der Waals surface area (Å²) in [6.07, 6.45) is 6.10. The smallest absolute Gasteiger partial charge is 0.317 e. The van der Waals surface area contributed by atoms with Gasteiger partial charge in [-0.3, -0.25) is 4.79 Å². The molecule has 2 rings (SSSR count). The van der Waals surface area contributed by atoms with E-state index >= 15 is 0 Å². The van der Waals surface area contributed by atoms with Crippen molar-refractivity contribution in [3.63, 3.8) is 0 Å². The molecule has 0 aromatic heterocycles. The predicted molar refractivity (Wildman–Crippen MR) is 85.2 cm³/mol. The van der Waals surface area contributed by atoms with Gasteiger partial charge in [0.1, 0.15) is 5.41 Å². The zero-order chi connectivity index (χ0) is 15.3. The lowest BCUT2D eigenvalue weighted by molar-refractivity contribution is -0.152. The van der Waals surface area contributed by atoms with Crippen LogP contribution in [0.4, 0.5) is 0 Å². The molecule has 0 bridgehead atoms. The first-order chi connectivity index (χ1) is 10.1. The third kappa shape index (κ3) is 3.18. The summed E-state index contributed by atoms with van der Waals surface area (Å²) < 4.78 is 5.46. The van der Waals surface area contributed by atoms with Crippen molar-refractivity contribution in [1.82, 2.24) is 4.90 Å². The van der Waals surface area contributed by atoms with E-state index in [1.54, 1.807) is 0 Å². The standard InChI is InChI=1S/C18H25NO2/c1-4-21-17(20)18(15-10-6-5-7-11-15)13-9-8-12-16(18)14-19(2)3/h5-8,10-12,16H,4,9,13-14H2,1-3H3. The van der Waals surface area contributed by atoms with Crippen LogP contribution >= 0.6 is 0 Å². The van der Waals surface area contributed by atoms with Crippen molar-refractivity contribution in [2.75, 3.05) is 27.2 Å². The highest BCUT2D eigenvalue weighted by Gasteiger charge is 2.48. The van der Waals surface area contributed by atoms with E-state index in [-0.39, 0.29) is 11.9 Å². The van der Waals surface area contributed by atoms with Crippen LogP contribution in [0.3, 0.4) is 0 Å². The first kappa shape index (κ1) is 15.8.